The summed E-state index contributed by atoms with van der Waals surface area (Å²) in [6.45, 7) is 0.563. The van der Waals surface area contributed by atoms with Crippen molar-refractivity contribution in [1.82, 2.24) is 0 Å². The van der Waals surface area contributed by atoms with Crippen LogP contribution in [0.1, 0.15) is 31.2 Å². The lowest BCUT2D eigenvalue weighted by atomic mass is 9.95. The lowest BCUT2D eigenvalue weighted by molar-refractivity contribution is -0.0575. The van der Waals surface area contributed by atoms with Gasteiger partial charge in [0.15, 0.2) is 11.5 Å². The summed E-state index contributed by atoms with van der Waals surface area (Å²) in [5.74, 6) is 0.630. The number of rotatable bonds is 5. The minimum atomic E-state index is -0.321. The van der Waals surface area contributed by atoms with Crippen LogP contribution in [0.15, 0.2) is 18.2 Å². The maximum Gasteiger partial charge on any atom is 0.160 e. The van der Waals surface area contributed by atoms with Crippen LogP contribution in [-0.4, -0.2) is 36.1 Å². The van der Waals surface area contributed by atoms with Crippen LogP contribution < -0.4 is 4.74 Å². The molecule has 2 atom stereocenters. The molecular formula is C15H22O4. The number of aromatic hydroxyl groups is 1. The zero-order valence-electron chi connectivity index (χ0n) is 11.3. The first-order valence-corrected chi connectivity index (χ1v) is 6.86. The summed E-state index contributed by atoms with van der Waals surface area (Å²) < 4.78 is 10.7. The lowest BCUT2D eigenvalue weighted by Gasteiger charge is -2.27. The van der Waals surface area contributed by atoms with Gasteiger partial charge in [-0.25, -0.2) is 0 Å². The second-order valence-corrected chi connectivity index (χ2v) is 5.02. The van der Waals surface area contributed by atoms with Crippen molar-refractivity contribution in [2.75, 3.05) is 13.7 Å². The van der Waals surface area contributed by atoms with Crippen LogP contribution in [0, 0.1) is 0 Å². The Hall–Kier alpha value is -1.26. The van der Waals surface area contributed by atoms with Gasteiger partial charge in [-0.15, -0.1) is 0 Å². The van der Waals surface area contributed by atoms with Gasteiger partial charge >= 0.3 is 0 Å². The number of phenols is 1. The van der Waals surface area contributed by atoms with Gasteiger partial charge in [-0.05, 0) is 37.0 Å². The molecule has 1 aliphatic carbocycles. The van der Waals surface area contributed by atoms with Gasteiger partial charge in [-0.3, -0.25) is 0 Å². The second-order valence-electron chi connectivity index (χ2n) is 5.02. The largest absolute Gasteiger partial charge is 0.504 e. The zero-order chi connectivity index (χ0) is 13.7. The van der Waals surface area contributed by atoms with Crippen LogP contribution in [-0.2, 0) is 11.2 Å². The van der Waals surface area contributed by atoms with Gasteiger partial charge in [0.25, 0.3) is 0 Å². The summed E-state index contributed by atoms with van der Waals surface area (Å²) >= 11 is 0. The zero-order valence-corrected chi connectivity index (χ0v) is 11.3. The molecule has 1 fully saturated rings. The molecule has 4 heteroatoms. The molecule has 0 saturated heterocycles. The van der Waals surface area contributed by atoms with E-state index in [4.69, 9.17) is 9.47 Å². The number of aliphatic hydroxyl groups is 1. The first-order valence-electron chi connectivity index (χ1n) is 6.86. The quantitative estimate of drug-likeness (QED) is 0.858. The summed E-state index contributed by atoms with van der Waals surface area (Å²) in [6.07, 6.45) is 4.38. The molecule has 2 rings (SSSR count). The maximum absolute atomic E-state index is 9.80. The fourth-order valence-corrected chi connectivity index (χ4v) is 2.49. The van der Waals surface area contributed by atoms with E-state index in [0.717, 1.165) is 37.7 Å². The number of hydrogen-bond acceptors (Lipinski definition) is 4. The maximum atomic E-state index is 9.80. The first kappa shape index (κ1) is 14.2. The van der Waals surface area contributed by atoms with Crippen LogP contribution >= 0.6 is 0 Å². The van der Waals surface area contributed by atoms with Gasteiger partial charge in [-0.2, -0.15) is 0 Å². The van der Waals surface area contributed by atoms with Crippen molar-refractivity contribution in [1.29, 1.82) is 0 Å². The van der Waals surface area contributed by atoms with Gasteiger partial charge in [0.1, 0.15) is 0 Å². The van der Waals surface area contributed by atoms with Crippen LogP contribution in [0.4, 0.5) is 0 Å². The highest BCUT2D eigenvalue weighted by atomic mass is 16.5. The van der Waals surface area contributed by atoms with Crippen molar-refractivity contribution in [2.24, 2.45) is 0 Å². The van der Waals surface area contributed by atoms with Crippen LogP contribution in [0.3, 0.4) is 0 Å². The Morgan fingerprint density at radius 1 is 1.26 bits per heavy atom. The normalized spacial score (nSPS) is 23.3. The average Bonchev–Trinajstić information content (AvgIpc) is 2.41. The molecule has 0 heterocycles. The van der Waals surface area contributed by atoms with E-state index in [0.29, 0.717) is 12.4 Å². The summed E-state index contributed by atoms with van der Waals surface area (Å²) in [6, 6.07) is 5.36. The molecule has 1 aromatic carbocycles. The Kier molecular flexibility index (Phi) is 5.05. The fraction of sp³-hybridized carbons (Fsp3) is 0.600. The van der Waals surface area contributed by atoms with E-state index in [1.807, 2.05) is 6.07 Å². The summed E-state index contributed by atoms with van der Waals surface area (Å²) in [5, 5.41) is 19.5. The number of aliphatic hydroxyl groups excluding tert-OH is 1. The van der Waals surface area contributed by atoms with E-state index in [1.54, 1.807) is 12.1 Å². The number of methoxy groups -OCH3 is 1. The third kappa shape index (κ3) is 3.85. The van der Waals surface area contributed by atoms with Crippen molar-refractivity contribution in [3.63, 3.8) is 0 Å². The smallest absolute Gasteiger partial charge is 0.160 e. The molecule has 0 aliphatic heterocycles. The molecule has 0 spiro atoms. The molecule has 0 radical (unpaired) electrons. The van der Waals surface area contributed by atoms with Gasteiger partial charge in [-0.1, -0.05) is 18.9 Å². The molecule has 0 amide bonds. The van der Waals surface area contributed by atoms with Gasteiger partial charge < -0.3 is 19.7 Å². The number of phenolic OH excluding ortho intramolecular Hbond substituents is 1. The van der Waals surface area contributed by atoms with E-state index >= 15 is 0 Å². The third-order valence-electron chi connectivity index (χ3n) is 3.63. The SMILES string of the molecule is COc1ccc(CCOC2CCCCC2O)cc1O. The van der Waals surface area contributed by atoms with E-state index in [1.165, 1.54) is 7.11 Å². The minimum Gasteiger partial charge on any atom is -0.504 e. The van der Waals surface area contributed by atoms with Crippen molar-refractivity contribution < 1.29 is 19.7 Å². The molecule has 4 nitrogen and oxygen atoms in total. The summed E-state index contributed by atoms with van der Waals surface area (Å²) in [7, 11) is 1.53. The first-order chi connectivity index (χ1) is 9.20. The molecular weight excluding hydrogens is 244 g/mol. The molecule has 2 N–H and O–H groups in total. The Morgan fingerprint density at radius 2 is 2.05 bits per heavy atom. The number of ether oxygens (including phenoxy) is 2. The Balaban J connectivity index is 1.80. The van der Waals surface area contributed by atoms with Crippen molar-refractivity contribution >= 4 is 0 Å². The van der Waals surface area contributed by atoms with E-state index in [-0.39, 0.29) is 18.0 Å². The van der Waals surface area contributed by atoms with Crippen LogP contribution in [0.5, 0.6) is 11.5 Å². The predicted octanol–water partition coefficient (Wildman–Crippen LogP) is 2.26. The predicted molar refractivity (Wildman–Crippen MR) is 72.6 cm³/mol. The average molecular weight is 266 g/mol. The highest BCUT2D eigenvalue weighted by Crippen LogP contribution is 2.26. The molecule has 19 heavy (non-hydrogen) atoms. The molecule has 106 valence electrons. The van der Waals surface area contributed by atoms with E-state index in [2.05, 4.69) is 0 Å². The monoisotopic (exact) mass is 266 g/mol. The van der Waals surface area contributed by atoms with Gasteiger partial charge in [0.2, 0.25) is 0 Å². The number of hydrogen-bond donors (Lipinski definition) is 2. The Morgan fingerprint density at radius 3 is 2.74 bits per heavy atom. The van der Waals surface area contributed by atoms with Crippen molar-refractivity contribution in [3.8, 4) is 11.5 Å². The lowest BCUT2D eigenvalue weighted by Crippen LogP contribution is -2.32. The molecule has 0 bridgehead atoms. The fourth-order valence-electron chi connectivity index (χ4n) is 2.49. The summed E-state index contributed by atoms with van der Waals surface area (Å²) in [4.78, 5) is 0. The molecule has 1 aromatic rings. The molecule has 0 aromatic heterocycles. The van der Waals surface area contributed by atoms with Crippen molar-refractivity contribution in [3.05, 3.63) is 23.8 Å². The topological polar surface area (TPSA) is 58.9 Å². The van der Waals surface area contributed by atoms with Gasteiger partial charge in [0, 0.05) is 0 Å². The third-order valence-corrected chi connectivity index (χ3v) is 3.63. The standard InChI is InChI=1S/C15H22O4/c1-18-14-7-6-11(10-13(14)17)8-9-19-15-5-3-2-4-12(15)16/h6-7,10,12,15-17H,2-5,8-9H2,1H3. The Labute approximate surface area is 114 Å². The highest BCUT2D eigenvalue weighted by molar-refractivity contribution is 5.41. The van der Waals surface area contributed by atoms with E-state index in [9.17, 15) is 10.2 Å². The Bertz CT molecular complexity index is 405. The second kappa shape index (κ2) is 6.78. The van der Waals surface area contributed by atoms with Crippen molar-refractivity contribution in [2.45, 2.75) is 44.3 Å². The molecule has 1 saturated carbocycles. The number of benzene rings is 1. The molecule has 2 unspecified atom stereocenters. The van der Waals surface area contributed by atoms with Gasteiger partial charge in [0.05, 0.1) is 25.9 Å². The van der Waals surface area contributed by atoms with E-state index < -0.39 is 0 Å². The summed E-state index contributed by atoms with van der Waals surface area (Å²) in [5.41, 5.74) is 1.00. The van der Waals surface area contributed by atoms with Crippen LogP contribution in [0.2, 0.25) is 0 Å². The molecule has 1 aliphatic rings. The minimum absolute atomic E-state index is 0.0272. The highest BCUT2D eigenvalue weighted by Gasteiger charge is 2.23. The van der Waals surface area contributed by atoms with Crippen LogP contribution in [0.25, 0.3) is 0 Å².